The third-order valence-electron chi connectivity index (χ3n) is 8.01. The molecule has 0 aromatic heterocycles. The number of primary amides is 2. The number of ketones is 4. The van der Waals surface area contributed by atoms with Crippen molar-refractivity contribution in [2.24, 2.45) is 46.2 Å². The molecule has 8 unspecified atom stereocenters. The summed E-state index contributed by atoms with van der Waals surface area (Å²) in [5.74, 6) is -5.59. The summed E-state index contributed by atoms with van der Waals surface area (Å²) in [6.45, 7) is 3.27. The van der Waals surface area contributed by atoms with Crippen molar-refractivity contribution < 1.29 is 75.6 Å². The van der Waals surface area contributed by atoms with Gasteiger partial charge in [-0.15, -0.1) is 0 Å². The largest absolute Gasteiger partial charge is 0.481 e. The average molecular weight is 863 g/mol. The number of Topliss-reactive ketones (excluding diaryl/α,β-unsaturated/α-hetero) is 4. The summed E-state index contributed by atoms with van der Waals surface area (Å²) in [5.41, 5.74) is 31.9. The Labute approximate surface area is 344 Å². The van der Waals surface area contributed by atoms with E-state index in [1.165, 1.54) is 27.7 Å². The number of carbonyl (C=O) groups is 8. The van der Waals surface area contributed by atoms with Gasteiger partial charge in [0.05, 0.1) is 70.0 Å². The molecule has 0 fully saturated rings. The summed E-state index contributed by atoms with van der Waals surface area (Å²) in [7, 11) is 0. The molecule has 0 aliphatic carbocycles. The Balaban J connectivity index is -0.000000219. The fraction of sp³-hybridized carbons (Fsp3) is 0.784. The minimum absolute atomic E-state index is 0. The third-order valence-corrected chi connectivity index (χ3v) is 8.01. The number of carboxylic acid groups (broad SMARTS) is 2. The van der Waals surface area contributed by atoms with E-state index in [0.717, 1.165) is 0 Å². The molecule has 8 atom stereocenters. The molecule has 0 aromatic rings. The van der Waals surface area contributed by atoms with Crippen molar-refractivity contribution in [1.82, 2.24) is 0 Å². The van der Waals surface area contributed by atoms with Gasteiger partial charge in [-0.25, -0.2) is 4.79 Å². The first-order valence-electron chi connectivity index (χ1n) is 18.5. The van der Waals surface area contributed by atoms with Crippen LogP contribution >= 0.6 is 0 Å². The second kappa shape index (κ2) is 39.5. The Morgan fingerprint density at radius 1 is 0.475 bits per heavy atom. The highest BCUT2D eigenvalue weighted by Gasteiger charge is 2.25. The van der Waals surface area contributed by atoms with Gasteiger partial charge < -0.3 is 54.1 Å². The van der Waals surface area contributed by atoms with E-state index in [4.69, 9.17) is 54.1 Å². The van der Waals surface area contributed by atoms with Crippen LogP contribution < -0.4 is 34.4 Å². The zero-order valence-corrected chi connectivity index (χ0v) is 33.9. The maximum absolute atomic E-state index is 11.9. The van der Waals surface area contributed by atoms with Crippen LogP contribution in [0, 0.1) is 11.8 Å². The second-order valence-corrected chi connectivity index (χ2v) is 13.2. The molecule has 18 nitrogen and oxygen atoms in total. The van der Waals surface area contributed by atoms with Gasteiger partial charge in [0, 0.05) is 18.8 Å². The van der Waals surface area contributed by atoms with Crippen LogP contribution in [0.4, 0.5) is 17.6 Å². The number of amides is 2. The lowest BCUT2D eigenvalue weighted by atomic mass is 9.93. The normalized spacial score (nSPS) is 14.4. The molecule has 14 N–H and O–H groups in total. The minimum atomic E-state index is -1.19. The Hall–Kier alpha value is -3.96. The van der Waals surface area contributed by atoms with E-state index in [-0.39, 0.29) is 102 Å². The summed E-state index contributed by atoms with van der Waals surface area (Å²) in [6.07, 6.45) is -0.424. The van der Waals surface area contributed by atoms with E-state index in [1.807, 2.05) is 0 Å². The second-order valence-electron chi connectivity index (χ2n) is 13.2. The predicted octanol–water partition coefficient (Wildman–Crippen LogP) is 1.17. The number of nitrogens with two attached hydrogens (primary N) is 6. The monoisotopic (exact) mass is 863 g/mol. The molecule has 0 aliphatic rings. The molecule has 22 heteroatoms. The van der Waals surface area contributed by atoms with Crippen molar-refractivity contribution in [3.63, 3.8) is 0 Å². The number of hydrogen-bond acceptors (Lipinski definition) is 14. The van der Waals surface area contributed by atoms with Gasteiger partial charge in [0.2, 0.25) is 11.8 Å². The Morgan fingerprint density at radius 3 is 1.07 bits per heavy atom. The number of carboxylic acids is 2. The van der Waals surface area contributed by atoms with Crippen LogP contribution in [0.2, 0.25) is 0 Å². The van der Waals surface area contributed by atoms with Gasteiger partial charge in [0.1, 0.15) is 29.2 Å². The SMILES string of the molecule is C.CC(=O)C(N)CC(CCC[18F])C(=O)O.CC(=O)C(N)CC(CCC[18F])C(N)=O.CC(=O)C(N)CC(OCCC[18F])C(=O)O.CC(=O)C(N)CC(OCCC[18F])C(N)=O. The number of hydrogen-bond donors (Lipinski definition) is 8. The van der Waals surface area contributed by atoms with Crippen molar-refractivity contribution in [3.05, 3.63) is 0 Å². The van der Waals surface area contributed by atoms with Gasteiger partial charge in [-0.2, -0.15) is 0 Å². The van der Waals surface area contributed by atoms with Crippen molar-refractivity contribution >= 4 is 46.9 Å². The Morgan fingerprint density at radius 2 is 0.780 bits per heavy atom. The van der Waals surface area contributed by atoms with Crippen LogP contribution in [-0.4, -0.2) is 133 Å². The highest BCUT2D eigenvalue weighted by atomic mass is 18.2. The molecule has 0 spiro atoms. The van der Waals surface area contributed by atoms with Gasteiger partial charge in [-0.05, 0) is 79.1 Å². The summed E-state index contributed by atoms with van der Waals surface area (Å²) in [6, 6.07) is -3.05. The molecule has 0 aliphatic heterocycles. The molecule has 2 amide bonds. The number of rotatable bonds is 30. The predicted molar refractivity (Wildman–Crippen MR) is 212 cm³/mol. The van der Waals surface area contributed by atoms with Crippen LogP contribution in [0.1, 0.15) is 99.3 Å². The van der Waals surface area contributed by atoms with Crippen molar-refractivity contribution in [1.29, 1.82) is 0 Å². The number of aliphatic carboxylic acids is 2. The van der Waals surface area contributed by atoms with Gasteiger partial charge in [-0.3, -0.25) is 51.1 Å². The van der Waals surface area contributed by atoms with E-state index in [1.54, 1.807) is 0 Å². The highest BCUT2D eigenvalue weighted by molar-refractivity contribution is 5.85. The van der Waals surface area contributed by atoms with Crippen LogP contribution in [-0.2, 0) is 47.8 Å². The van der Waals surface area contributed by atoms with Gasteiger partial charge >= 0.3 is 11.9 Å². The molecule has 348 valence electrons. The molecule has 0 radical (unpaired) electrons. The summed E-state index contributed by atoms with van der Waals surface area (Å²) >= 11 is 0. The van der Waals surface area contributed by atoms with Gasteiger partial charge in [0.15, 0.2) is 6.10 Å². The highest BCUT2D eigenvalue weighted by Crippen LogP contribution is 2.15. The molecular weight excluding hydrogens is 792 g/mol. The van der Waals surface area contributed by atoms with E-state index < -0.39 is 98.7 Å². The van der Waals surface area contributed by atoms with Crippen LogP contribution in [0.15, 0.2) is 0 Å². The first kappa shape index (κ1) is 64.2. The van der Waals surface area contributed by atoms with Gasteiger partial charge in [-0.1, -0.05) is 7.43 Å². The van der Waals surface area contributed by atoms with Crippen LogP contribution in [0.3, 0.4) is 0 Å². The quantitative estimate of drug-likeness (QED) is 0.0371. The molecular formula is C37H70F4N6O12. The zero-order chi connectivity index (χ0) is 46.0. The standard InChI is InChI=1S/C9H17FN2O3.C9H17FN2O2.C9H16FNO4.C9H16FNO3.CH4/c1-6(13)7(11)5-8(9(12)14)15-4-2-3-10;1-6(13)8(11)5-7(9(12)14)3-2-4-10;1-6(12)7(11)5-8(9(13)14)15-4-2-3-10;1-6(12)8(11)5-7(9(13)14)3-2-4-10;/h7-8H,2-5,11H2,1H3,(H2,12,14);7-8H,2-5,11H2,1H3,(H2,12,14);7-8H,2-5,11H2,1H3,(H,13,14);7-8H,2-5,11H2,1H3,(H,13,14);1H4/i4*10-1;. The number of carbonyl (C=O) groups excluding carboxylic acids is 6. The van der Waals surface area contributed by atoms with Crippen molar-refractivity contribution in [2.75, 3.05) is 39.9 Å². The van der Waals surface area contributed by atoms with E-state index in [2.05, 4.69) is 0 Å². The summed E-state index contributed by atoms with van der Waals surface area (Å²) < 4.78 is 57.1. The summed E-state index contributed by atoms with van der Waals surface area (Å²) in [5, 5.41) is 17.5. The third kappa shape index (κ3) is 38.0. The van der Waals surface area contributed by atoms with Crippen molar-refractivity contribution in [2.45, 2.75) is 136 Å². The lowest BCUT2D eigenvalue weighted by Gasteiger charge is -2.16. The van der Waals surface area contributed by atoms with E-state index >= 15 is 0 Å². The summed E-state index contributed by atoms with van der Waals surface area (Å²) in [4.78, 5) is 86.4. The molecule has 0 rings (SSSR count). The minimum Gasteiger partial charge on any atom is -0.481 e. The average Bonchev–Trinajstić information content (AvgIpc) is 3.14. The molecule has 0 saturated carbocycles. The lowest BCUT2D eigenvalue weighted by molar-refractivity contribution is -0.151. The number of alkyl halides is 4. The maximum Gasteiger partial charge on any atom is 0.332 e. The Bertz CT molecular complexity index is 1130. The molecule has 0 heterocycles. The molecule has 0 saturated heterocycles. The molecule has 0 bridgehead atoms. The zero-order valence-electron chi connectivity index (χ0n) is 33.9. The molecule has 0 aromatic carbocycles. The van der Waals surface area contributed by atoms with Crippen LogP contribution in [0.5, 0.6) is 0 Å². The fourth-order valence-corrected chi connectivity index (χ4v) is 4.17. The van der Waals surface area contributed by atoms with Gasteiger partial charge in [0.25, 0.3) is 0 Å². The first-order chi connectivity index (χ1) is 26.9. The van der Waals surface area contributed by atoms with E-state index in [9.17, 15) is 55.9 Å². The maximum atomic E-state index is 11.9. The fourth-order valence-electron chi connectivity index (χ4n) is 4.17. The lowest BCUT2D eigenvalue weighted by Crippen LogP contribution is -2.40. The topological polar surface area (TPSA) is 352 Å². The van der Waals surface area contributed by atoms with Crippen molar-refractivity contribution in [3.8, 4) is 0 Å². The first-order valence-corrected chi connectivity index (χ1v) is 18.5. The Kier molecular flexibility index (Phi) is 43.0. The number of halogens is 4. The smallest absolute Gasteiger partial charge is 0.332 e. The van der Waals surface area contributed by atoms with Crippen LogP contribution in [0.25, 0.3) is 0 Å². The molecule has 59 heavy (non-hydrogen) atoms. The van der Waals surface area contributed by atoms with E-state index in [0.29, 0.717) is 6.42 Å². The number of ether oxygens (including phenoxy) is 2.